The predicted octanol–water partition coefficient (Wildman–Crippen LogP) is 12.1. The van der Waals surface area contributed by atoms with Crippen LogP contribution in [0.1, 0.15) is 200 Å². The maximum atomic E-state index is 12.7. The van der Waals surface area contributed by atoms with Gasteiger partial charge in [-0.3, -0.25) is 14.2 Å². The van der Waals surface area contributed by atoms with Crippen LogP contribution in [0.5, 0.6) is 0 Å². The third-order valence-corrected chi connectivity index (χ3v) is 10.7. The maximum Gasteiger partial charge on any atom is 0.306 e. The van der Waals surface area contributed by atoms with Crippen LogP contribution in [0.15, 0.2) is 24.3 Å². The Morgan fingerprint density at radius 1 is 0.545 bits per heavy atom. The number of likely N-dealkylation sites (N-methyl/N-ethyl adjacent to an activating group) is 1. The Morgan fingerprint density at radius 3 is 1.38 bits per heavy atom. The smallest absolute Gasteiger partial charge is 0.306 e. The van der Waals surface area contributed by atoms with Crippen molar-refractivity contribution in [1.29, 1.82) is 0 Å². The molecule has 0 saturated heterocycles. The minimum atomic E-state index is -4.62. The van der Waals surface area contributed by atoms with Gasteiger partial charge in [0.15, 0.2) is 6.10 Å². The van der Waals surface area contributed by atoms with Crippen LogP contribution in [0.25, 0.3) is 0 Å². The minimum absolute atomic E-state index is 0.0313. The number of hydrogen-bond acceptors (Lipinski definition) is 8. The number of hydrogen-bond donors (Lipinski definition) is 0. The second-order valence-corrected chi connectivity index (χ2v) is 17.8. The molecule has 0 aromatic carbocycles. The normalized spacial score (nSPS) is 13.8. The number of ether oxygens (including phenoxy) is 2. The van der Waals surface area contributed by atoms with Crippen molar-refractivity contribution in [1.82, 2.24) is 0 Å². The van der Waals surface area contributed by atoms with Crippen LogP contribution < -0.4 is 4.89 Å². The molecular weight excluding hydrogens is 713 g/mol. The summed E-state index contributed by atoms with van der Waals surface area (Å²) in [7, 11) is 1.16. The summed E-state index contributed by atoms with van der Waals surface area (Å²) in [6.45, 7) is 4.20. The first-order valence-electron chi connectivity index (χ1n) is 22.5. The fourth-order valence-electron chi connectivity index (χ4n) is 6.11. The van der Waals surface area contributed by atoms with Crippen molar-refractivity contribution in [3.05, 3.63) is 24.3 Å². The molecule has 2 unspecified atom stereocenters. The molecule has 0 amide bonds. The summed E-state index contributed by atoms with van der Waals surface area (Å²) < 4.78 is 33.9. The van der Waals surface area contributed by atoms with Gasteiger partial charge in [-0.1, -0.05) is 147 Å². The van der Waals surface area contributed by atoms with Gasteiger partial charge in [0.05, 0.1) is 27.7 Å². The third kappa shape index (κ3) is 41.9. The lowest BCUT2D eigenvalue weighted by molar-refractivity contribution is -0.870. The number of carbonyl (C=O) groups is 2. The summed E-state index contributed by atoms with van der Waals surface area (Å²) in [5.41, 5.74) is 0. The van der Waals surface area contributed by atoms with Crippen molar-refractivity contribution in [2.24, 2.45) is 0 Å². The van der Waals surface area contributed by atoms with Gasteiger partial charge in [0.25, 0.3) is 7.82 Å². The lowest BCUT2D eigenvalue weighted by Crippen LogP contribution is -2.37. The highest BCUT2D eigenvalue weighted by Crippen LogP contribution is 2.38. The molecule has 324 valence electrons. The Bertz CT molecular complexity index is 996. The Hall–Kier alpha value is -1.51. The van der Waals surface area contributed by atoms with Crippen LogP contribution in [-0.2, 0) is 32.7 Å². The van der Waals surface area contributed by atoms with E-state index in [4.69, 9.17) is 18.5 Å². The number of allylic oxidation sites excluding steroid dienone is 4. The molecule has 0 rings (SSSR count). The molecule has 0 spiro atoms. The highest BCUT2D eigenvalue weighted by molar-refractivity contribution is 7.45. The molecular formula is C45H86NO8P. The predicted molar refractivity (Wildman–Crippen MR) is 227 cm³/mol. The van der Waals surface area contributed by atoms with Crippen LogP contribution in [0.2, 0.25) is 0 Å². The molecule has 0 heterocycles. The van der Waals surface area contributed by atoms with Crippen molar-refractivity contribution in [3.63, 3.8) is 0 Å². The van der Waals surface area contributed by atoms with Gasteiger partial charge >= 0.3 is 11.9 Å². The average molecular weight is 800 g/mol. The van der Waals surface area contributed by atoms with Gasteiger partial charge in [0.1, 0.15) is 19.8 Å². The van der Waals surface area contributed by atoms with Gasteiger partial charge in [-0.15, -0.1) is 0 Å². The van der Waals surface area contributed by atoms with E-state index >= 15 is 0 Å². The molecule has 2 atom stereocenters. The van der Waals surface area contributed by atoms with Gasteiger partial charge < -0.3 is 27.9 Å². The van der Waals surface area contributed by atoms with Crippen molar-refractivity contribution >= 4 is 19.8 Å². The van der Waals surface area contributed by atoms with E-state index in [1.165, 1.54) is 109 Å². The summed E-state index contributed by atoms with van der Waals surface area (Å²) >= 11 is 0. The summed E-state index contributed by atoms with van der Waals surface area (Å²) in [4.78, 5) is 37.5. The molecule has 0 aliphatic heterocycles. The lowest BCUT2D eigenvalue weighted by atomic mass is 10.1. The Balaban J connectivity index is 4.31. The van der Waals surface area contributed by atoms with Crippen molar-refractivity contribution in [2.45, 2.75) is 206 Å². The number of phosphoric acid groups is 1. The van der Waals surface area contributed by atoms with Gasteiger partial charge in [-0.25, -0.2) is 0 Å². The maximum absolute atomic E-state index is 12.7. The molecule has 0 aromatic heterocycles. The van der Waals surface area contributed by atoms with E-state index in [0.29, 0.717) is 17.4 Å². The standard InChI is InChI=1S/C45H86NO8P/c1-6-8-10-12-14-16-18-20-21-22-23-24-25-26-28-30-32-34-36-38-45(48)54-43(42-53-55(49,50)52-40-39-46(3,4)5)41-51-44(47)37-35-33-31-29-27-19-17-15-13-11-9-7-2/h15,17,20-21,43H,6-14,16,18-19,22-42H2,1-5H3/b17-15-,21-20-. The summed E-state index contributed by atoms with van der Waals surface area (Å²) in [5, 5.41) is 0. The number of phosphoric ester groups is 1. The number of quaternary nitrogens is 1. The highest BCUT2D eigenvalue weighted by Gasteiger charge is 2.21. The molecule has 0 saturated carbocycles. The zero-order valence-corrected chi connectivity index (χ0v) is 37.3. The molecule has 0 fully saturated rings. The zero-order valence-electron chi connectivity index (χ0n) is 36.4. The molecule has 9 nitrogen and oxygen atoms in total. The number of nitrogens with zero attached hydrogens (tertiary/aromatic N) is 1. The largest absolute Gasteiger partial charge is 0.756 e. The molecule has 0 radical (unpaired) electrons. The first-order valence-corrected chi connectivity index (χ1v) is 24.0. The molecule has 0 aliphatic rings. The van der Waals surface area contributed by atoms with E-state index in [9.17, 15) is 19.0 Å². The van der Waals surface area contributed by atoms with Crippen LogP contribution in [0.3, 0.4) is 0 Å². The molecule has 55 heavy (non-hydrogen) atoms. The Labute approximate surface area is 339 Å². The molecule has 0 aliphatic carbocycles. The lowest BCUT2D eigenvalue weighted by Gasteiger charge is -2.28. The van der Waals surface area contributed by atoms with E-state index in [-0.39, 0.29) is 26.1 Å². The SMILES string of the molecule is CCCCC/C=C\CCCCCCCC(=O)OCC(COP(=O)([O-])OCC[N+](C)(C)C)OC(=O)CCCCCCCCCCC/C=C\CCCCCCCC. The highest BCUT2D eigenvalue weighted by atomic mass is 31.2. The van der Waals surface area contributed by atoms with Gasteiger partial charge in [-0.05, 0) is 64.2 Å². The zero-order chi connectivity index (χ0) is 40.7. The Morgan fingerprint density at radius 2 is 0.927 bits per heavy atom. The van der Waals surface area contributed by atoms with E-state index < -0.39 is 32.5 Å². The number of rotatable bonds is 41. The van der Waals surface area contributed by atoms with Gasteiger partial charge in [0, 0.05) is 12.8 Å². The molecule has 0 bridgehead atoms. The average Bonchev–Trinajstić information content (AvgIpc) is 3.13. The molecule has 0 N–H and O–H groups in total. The fourth-order valence-corrected chi connectivity index (χ4v) is 6.84. The first kappa shape index (κ1) is 53.5. The number of esters is 2. The van der Waals surface area contributed by atoms with Crippen LogP contribution >= 0.6 is 7.82 Å². The number of carbonyl (C=O) groups excluding carboxylic acids is 2. The fraction of sp³-hybridized carbons (Fsp3) is 0.867. The second-order valence-electron chi connectivity index (χ2n) is 16.4. The van der Waals surface area contributed by atoms with Crippen molar-refractivity contribution in [3.8, 4) is 0 Å². The van der Waals surface area contributed by atoms with E-state index in [1.54, 1.807) is 0 Å². The summed E-state index contributed by atoms with van der Waals surface area (Å²) in [6, 6.07) is 0. The monoisotopic (exact) mass is 800 g/mol. The van der Waals surface area contributed by atoms with Crippen LogP contribution in [0.4, 0.5) is 0 Å². The first-order chi connectivity index (χ1) is 26.5. The minimum Gasteiger partial charge on any atom is -0.756 e. The van der Waals surface area contributed by atoms with Crippen LogP contribution in [0, 0.1) is 0 Å². The quantitative estimate of drug-likeness (QED) is 0.0198. The van der Waals surface area contributed by atoms with E-state index in [0.717, 1.165) is 57.8 Å². The third-order valence-electron chi connectivity index (χ3n) is 9.69. The van der Waals surface area contributed by atoms with E-state index in [1.807, 2.05) is 21.1 Å². The van der Waals surface area contributed by atoms with Crippen molar-refractivity contribution < 1.29 is 42.1 Å². The van der Waals surface area contributed by atoms with E-state index in [2.05, 4.69) is 38.2 Å². The van der Waals surface area contributed by atoms with Gasteiger partial charge in [-0.2, -0.15) is 0 Å². The number of unbranched alkanes of at least 4 members (excludes halogenated alkanes) is 23. The summed E-state index contributed by atoms with van der Waals surface area (Å²) in [6.07, 6.45) is 40.6. The van der Waals surface area contributed by atoms with Crippen molar-refractivity contribution in [2.75, 3.05) is 47.5 Å². The van der Waals surface area contributed by atoms with Crippen LogP contribution in [-0.4, -0.2) is 70.0 Å². The molecule has 10 heteroatoms. The Kier molecular flexibility index (Phi) is 37.0. The molecule has 0 aromatic rings. The second kappa shape index (κ2) is 38.0. The topological polar surface area (TPSA) is 111 Å². The van der Waals surface area contributed by atoms with Gasteiger partial charge in [0.2, 0.25) is 0 Å². The summed E-state index contributed by atoms with van der Waals surface area (Å²) in [5.74, 6) is -0.843.